The molecule has 0 amide bonds. The molecule has 1 atom stereocenters. The predicted octanol–water partition coefficient (Wildman–Crippen LogP) is 2.30. The van der Waals surface area contributed by atoms with Gasteiger partial charge in [0, 0.05) is 18.4 Å². The van der Waals surface area contributed by atoms with Gasteiger partial charge in [-0.05, 0) is 17.5 Å². The summed E-state index contributed by atoms with van der Waals surface area (Å²) in [5.74, 6) is 0.437. The third-order valence-electron chi connectivity index (χ3n) is 3.30. The highest BCUT2D eigenvalue weighted by Gasteiger charge is 2.21. The molecular weight excluding hydrogens is 262 g/mol. The van der Waals surface area contributed by atoms with Crippen molar-refractivity contribution < 1.29 is 4.79 Å². The molecule has 0 aliphatic carbocycles. The zero-order chi connectivity index (χ0) is 16.0. The molecule has 1 aromatic carbocycles. The van der Waals surface area contributed by atoms with Gasteiger partial charge >= 0.3 is 0 Å². The van der Waals surface area contributed by atoms with Crippen LogP contribution in [0.4, 0.5) is 0 Å². The molecule has 1 aromatic rings. The fourth-order valence-corrected chi connectivity index (χ4v) is 2.30. The Balaban J connectivity index is 2.78. The molecule has 21 heavy (non-hydrogen) atoms. The summed E-state index contributed by atoms with van der Waals surface area (Å²) in [5, 5.41) is 10.7. The summed E-state index contributed by atoms with van der Waals surface area (Å²) in [6.07, 6.45) is 1.16. The van der Waals surface area contributed by atoms with Crippen LogP contribution in [-0.4, -0.2) is 23.7 Å². The van der Waals surface area contributed by atoms with E-state index in [0.717, 1.165) is 11.1 Å². The van der Waals surface area contributed by atoms with Gasteiger partial charge in [0.1, 0.15) is 0 Å². The van der Waals surface area contributed by atoms with Crippen molar-refractivity contribution in [1.82, 2.24) is 5.32 Å². The van der Waals surface area contributed by atoms with Crippen LogP contribution in [0.25, 0.3) is 0 Å². The van der Waals surface area contributed by atoms with Gasteiger partial charge in [0.05, 0.1) is 11.9 Å². The lowest BCUT2D eigenvalue weighted by molar-refractivity contribution is -0.124. The summed E-state index contributed by atoms with van der Waals surface area (Å²) in [7, 11) is 0. The lowest BCUT2D eigenvalue weighted by Crippen LogP contribution is -2.44. The molecule has 0 aromatic heterocycles. The second kappa shape index (κ2) is 7.93. The second-order valence-corrected chi connectivity index (χ2v) is 6.15. The van der Waals surface area contributed by atoms with E-state index in [1.165, 1.54) is 0 Å². The van der Waals surface area contributed by atoms with E-state index in [1.807, 2.05) is 38.1 Å². The van der Waals surface area contributed by atoms with Crippen LogP contribution < -0.4 is 11.1 Å². The SMILES string of the molecule is CC(C)N[C@@H](Cc1ccc(CC(=N)N)cc1)C(=O)C(C)C. The van der Waals surface area contributed by atoms with Gasteiger partial charge in [-0.25, -0.2) is 0 Å². The van der Waals surface area contributed by atoms with Crippen molar-refractivity contribution in [2.24, 2.45) is 11.7 Å². The maximum absolute atomic E-state index is 12.3. The first-order chi connectivity index (χ1) is 9.79. The normalized spacial score (nSPS) is 12.7. The van der Waals surface area contributed by atoms with E-state index in [2.05, 4.69) is 19.2 Å². The number of benzene rings is 1. The number of nitrogens with two attached hydrogens (primary N) is 1. The Kier molecular flexibility index (Phi) is 6.56. The monoisotopic (exact) mass is 289 g/mol. The summed E-state index contributed by atoms with van der Waals surface area (Å²) >= 11 is 0. The zero-order valence-corrected chi connectivity index (χ0v) is 13.4. The highest BCUT2D eigenvalue weighted by molar-refractivity contribution is 5.86. The summed E-state index contributed by atoms with van der Waals surface area (Å²) in [6.45, 7) is 7.98. The van der Waals surface area contributed by atoms with Crippen LogP contribution in [0.15, 0.2) is 24.3 Å². The molecule has 0 saturated carbocycles. The van der Waals surface area contributed by atoms with Crippen LogP contribution >= 0.6 is 0 Å². The van der Waals surface area contributed by atoms with Crippen LogP contribution in [-0.2, 0) is 17.6 Å². The molecule has 0 radical (unpaired) electrons. The molecule has 4 N–H and O–H groups in total. The van der Waals surface area contributed by atoms with Gasteiger partial charge in [-0.15, -0.1) is 0 Å². The molecule has 0 aliphatic rings. The van der Waals surface area contributed by atoms with Gasteiger partial charge in [0.25, 0.3) is 0 Å². The van der Waals surface area contributed by atoms with E-state index in [-0.39, 0.29) is 29.6 Å². The first kappa shape index (κ1) is 17.4. The van der Waals surface area contributed by atoms with E-state index < -0.39 is 0 Å². The minimum atomic E-state index is -0.149. The predicted molar refractivity (Wildman–Crippen MR) is 87.7 cm³/mol. The maximum atomic E-state index is 12.3. The summed E-state index contributed by atoms with van der Waals surface area (Å²) < 4.78 is 0. The molecule has 4 heteroatoms. The number of nitrogens with one attached hydrogen (secondary N) is 2. The zero-order valence-electron chi connectivity index (χ0n) is 13.4. The minimum absolute atomic E-state index is 0.0261. The quantitative estimate of drug-likeness (QED) is 0.507. The van der Waals surface area contributed by atoms with E-state index in [1.54, 1.807) is 0 Å². The largest absolute Gasteiger partial charge is 0.387 e. The van der Waals surface area contributed by atoms with Crippen molar-refractivity contribution in [3.63, 3.8) is 0 Å². The highest BCUT2D eigenvalue weighted by atomic mass is 16.1. The van der Waals surface area contributed by atoms with Crippen molar-refractivity contribution in [3.8, 4) is 0 Å². The number of carbonyl (C=O) groups excluding carboxylic acids is 1. The van der Waals surface area contributed by atoms with Gasteiger partial charge in [0.15, 0.2) is 5.78 Å². The van der Waals surface area contributed by atoms with Crippen molar-refractivity contribution >= 4 is 11.6 Å². The van der Waals surface area contributed by atoms with Crippen molar-refractivity contribution in [3.05, 3.63) is 35.4 Å². The molecular formula is C17H27N3O. The molecule has 0 saturated heterocycles. The molecule has 0 heterocycles. The lowest BCUT2D eigenvalue weighted by atomic mass is 9.94. The maximum Gasteiger partial charge on any atom is 0.152 e. The standard InChI is InChI=1S/C17H27N3O/c1-11(2)17(21)15(20-12(3)4)9-13-5-7-14(8-6-13)10-16(18)19/h5-8,11-12,15,20H,9-10H2,1-4H3,(H3,18,19)/t15-/m0/s1. The Morgan fingerprint density at radius 1 is 1.14 bits per heavy atom. The van der Waals surface area contributed by atoms with Crippen LogP contribution in [0.5, 0.6) is 0 Å². The van der Waals surface area contributed by atoms with Crippen molar-refractivity contribution in [2.75, 3.05) is 0 Å². The van der Waals surface area contributed by atoms with Crippen LogP contribution in [0.2, 0.25) is 0 Å². The Morgan fingerprint density at radius 3 is 2.10 bits per heavy atom. The Labute approximate surface area is 127 Å². The number of hydrogen-bond acceptors (Lipinski definition) is 3. The third-order valence-corrected chi connectivity index (χ3v) is 3.30. The van der Waals surface area contributed by atoms with Crippen LogP contribution in [0.3, 0.4) is 0 Å². The van der Waals surface area contributed by atoms with E-state index in [0.29, 0.717) is 12.8 Å². The van der Waals surface area contributed by atoms with Crippen LogP contribution in [0, 0.1) is 11.3 Å². The lowest BCUT2D eigenvalue weighted by Gasteiger charge is -2.22. The molecule has 1 rings (SSSR count). The average molecular weight is 289 g/mol. The van der Waals surface area contributed by atoms with Gasteiger partial charge in [-0.3, -0.25) is 10.2 Å². The van der Waals surface area contributed by atoms with Gasteiger partial charge < -0.3 is 11.1 Å². The topological polar surface area (TPSA) is 79.0 Å². The minimum Gasteiger partial charge on any atom is -0.387 e. The Morgan fingerprint density at radius 2 is 1.67 bits per heavy atom. The van der Waals surface area contributed by atoms with Gasteiger partial charge in [-0.1, -0.05) is 52.0 Å². The smallest absolute Gasteiger partial charge is 0.152 e. The van der Waals surface area contributed by atoms with Crippen LogP contribution in [0.1, 0.15) is 38.8 Å². The molecule has 0 bridgehead atoms. The second-order valence-electron chi connectivity index (χ2n) is 6.15. The van der Waals surface area contributed by atoms with E-state index in [4.69, 9.17) is 11.1 Å². The van der Waals surface area contributed by atoms with Gasteiger partial charge in [-0.2, -0.15) is 0 Å². The summed E-state index contributed by atoms with van der Waals surface area (Å²) in [6, 6.07) is 8.10. The number of ketones is 1. The van der Waals surface area contributed by atoms with E-state index >= 15 is 0 Å². The molecule has 0 spiro atoms. The fraction of sp³-hybridized carbons (Fsp3) is 0.529. The molecule has 116 valence electrons. The van der Waals surface area contributed by atoms with E-state index in [9.17, 15) is 4.79 Å². The number of hydrogen-bond donors (Lipinski definition) is 3. The number of rotatable bonds is 8. The number of Topliss-reactive ketones (excluding diaryl/α,β-unsaturated/α-hetero) is 1. The number of carbonyl (C=O) groups is 1. The molecule has 0 aliphatic heterocycles. The molecule has 0 unspecified atom stereocenters. The fourth-order valence-electron chi connectivity index (χ4n) is 2.30. The Bertz CT molecular complexity index is 477. The first-order valence-corrected chi connectivity index (χ1v) is 7.50. The highest BCUT2D eigenvalue weighted by Crippen LogP contribution is 2.11. The first-order valence-electron chi connectivity index (χ1n) is 7.50. The number of amidine groups is 1. The summed E-state index contributed by atoms with van der Waals surface area (Å²) in [5.41, 5.74) is 7.54. The van der Waals surface area contributed by atoms with Crippen molar-refractivity contribution in [2.45, 2.75) is 52.6 Å². The molecule has 4 nitrogen and oxygen atoms in total. The average Bonchev–Trinajstić information content (AvgIpc) is 2.38. The molecule has 0 fully saturated rings. The Hall–Kier alpha value is -1.68. The van der Waals surface area contributed by atoms with Gasteiger partial charge in [0.2, 0.25) is 0 Å². The summed E-state index contributed by atoms with van der Waals surface area (Å²) in [4.78, 5) is 12.3. The van der Waals surface area contributed by atoms with Crippen molar-refractivity contribution in [1.29, 1.82) is 5.41 Å². The third kappa shape index (κ3) is 6.08.